The number of hydrogen-bond donors (Lipinski definition) is 0. The second-order valence-corrected chi connectivity index (χ2v) is 6.74. The van der Waals surface area contributed by atoms with Crippen LogP contribution >= 0.6 is 0 Å². The van der Waals surface area contributed by atoms with Crippen molar-refractivity contribution in [1.29, 1.82) is 0 Å². The summed E-state index contributed by atoms with van der Waals surface area (Å²) in [6, 6.07) is 0. The van der Waals surface area contributed by atoms with E-state index in [1.807, 2.05) is 11.8 Å². The van der Waals surface area contributed by atoms with Crippen molar-refractivity contribution in [1.82, 2.24) is 0 Å². The third-order valence-electron chi connectivity index (χ3n) is 3.61. The molecule has 4 atom stereocenters. The van der Waals surface area contributed by atoms with Crippen LogP contribution in [0.3, 0.4) is 0 Å². The Balaban J connectivity index is 6.21. The summed E-state index contributed by atoms with van der Waals surface area (Å²) in [5.74, 6) is 9.71. The van der Waals surface area contributed by atoms with Crippen molar-refractivity contribution in [3.63, 3.8) is 0 Å². The van der Waals surface area contributed by atoms with E-state index in [-0.39, 0.29) is 0 Å². The molecule has 0 saturated carbocycles. The monoisotopic (exact) mass is 516 g/mol. The normalized spacial score (nSPS) is 12.2. The van der Waals surface area contributed by atoms with Crippen LogP contribution in [0.4, 0.5) is 0 Å². The largest absolute Gasteiger partial charge is 0.462 e. The van der Waals surface area contributed by atoms with Gasteiger partial charge in [0, 0.05) is 40.5 Å². The Morgan fingerprint density at radius 3 is 1.38 bits per heavy atom. The molecule has 0 N–H and O–H groups in total. The van der Waals surface area contributed by atoms with Crippen LogP contribution in [-0.2, 0) is 57.2 Å². The zero-order chi connectivity index (χ0) is 28.4. The van der Waals surface area contributed by atoms with E-state index in [9.17, 15) is 28.8 Å². The predicted octanol–water partition coefficient (Wildman–Crippen LogP) is -0.537. The summed E-state index contributed by atoms with van der Waals surface area (Å²) >= 11 is 0. The number of terminal acetylenes is 1. The third-order valence-corrected chi connectivity index (χ3v) is 3.61. The van der Waals surface area contributed by atoms with E-state index in [4.69, 9.17) is 34.8 Å². The van der Waals surface area contributed by atoms with Gasteiger partial charge in [0.15, 0.2) is 24.4 Å². The highest BCUT2D eigenvalue weighted by Crippen LogP contribution is 2.20. The van der Waals surface area contributed by atoms with E-state index in [2.05, 4.69) is 29.6 Å². The number of esters is 6. The lowest BCUT2D eigenvalue weighted by Gasteiger charge is -2.35. The van der Waals surface area contributed by atoms with Crippen LogP contribution in [0.1, 0.15) is 34.6 Å². The summed E-state index contributed by atoms with van der Waals surface area (Å²) in [4.78, 5) is 70.4. The molecule has 0 aliphatic carbocycles. The molecular formula is C25H24O12. The van der Waals surface area contributed by atoms with Crippen molar-refractivity contribution in [2.24, 2.45) is 0 Å². The Kier molecular flexibility index (Phi) is 15.2. The molecule has 37 heavy (non-hydrogen) atoms. The molecule has 0 aliphatic heterocycles. The lowest BCUT2D eigenvalue weighted by Crippen LogP contribution is -2.54. The standard InChI is InChI=1S/C25H24O12/c1-7-8-9-10-11-12-13-23(31)33-15-22(35-18(4)28)25(37-20(6)30)24(36-19(5)29)21(34-17(3)27)14-32-16(2)26/h1,21-22,24-25H,14-15H2,2-6H3. The first-order valence-electron chi connectivity index (χ1n) is 10.3. The lowest BCUT2D eigenvalue weighted by molar-refractivity contribution is -0.206. The predicted molar refractivity (Wildman–Crippen MR) is 122 cm³/mol. The van der Waals surface area contributed by atoms with E-state index < -0.39 is 73.4 Å². The Hall–Kier alpha value is -4.94. The molecule has 0 aromatic heterocycles. The summed E-state index contributed by atoms with van der Waals surface area (Å²) in [6.45, 7) is 3.74. The summed E-state index contributed by atoms with van der Waals surface area (Å²) in [5, 5.41) is 0. The van der Waals surface area contributed by atoms with Gasteiger partial charge in [-0.2, -0.15) is 0 Å². The van der Waals surface area contributed by atoms with Crippen LogP contribution in [0.25, 0.3) is 0 Å². The van der Waals surface area contributed by atoms with Gasteiger partial charge in [-0.25, -0.2) is 4.79 Å². The van der Waals surface area contributed by atoms with Gasteiger partial charge >= 0.3 is 35.8 Å². The van der Waals surface area contributed by atoms with Crippen LogP contribution in [-0.4, -0.2) is 73.4 Å². The van der Waals surface area contributed by atoms with Crippen LogP contribution in [0.15, 0.2) is 0 Å². The van der Waals surface area contributed by atoms with Gasteiger partial charge in [-0.1, -0.05) is 0 Å². The minimum Gasteiger partial charge on any atom is -0.462 e. The number of ether oxygens (including phenoxy) is 6. The van der Waals surface area contributed by atoms with Crippen molar-refractivity contribution < 1.29 is 57.2 Å². The van der Waals surface area contributed by atoms with E-state index in [1.165, 1.54) is 0 Å². The second kappa shape index (κ2) is 17.5. The molecule has 0 radical (unpaired) electrons. The Bertz CT molecular complexity index is 1110. The van der Waals surface area contributed by atoms with Crippen molar-refractivity contribution >= 4 is 35.8 Å². The summed E-state index contributed by atoms with van der Waals surface area (Å²) in [7, 11) is 0. The summed E-state index contributed by atoms with van der Waals surface area (Å²) in [5.41, 5.74) is 0. The molecule has 0 rings (SSSR count). The lowest BCUT2D eigenvalue weighted by atomic mass is 10.0. The fraction of sp³-hybridized carbons (Fsp3) is 0.440. The van der Waals surface area contributed by atoms with Gasteiger partial charge in [-0.3, -0.25) is 24.0 Å². The average molecular weight is 516 g/mol. The van der Waals surface area contributed by atoms with Crippen LogP contribution in [0.2, 0.25) is 0 Å². The zero-order valence-electron chi connectivity index (χ0n) is 20.7. The van der Waals surface area contributed by atoms with Crippen molar-refractivity contribution in [3.05, 3.63) is 0 Å². The maximum atomic E-state index is 12.0. The first kappa shape index (κ1) is 32.1. The number of carbonyl (C=O) groups is 6. The van der Waals surface area contributed by atoms with Crippen molar-refractivity contribution in [3.8, 4) is 47.9 Å². The molecule has 0 aliphatic rings. The molecule has 12 heteroatoms. The smallest absolute Gasteiger partial charge is 0.385 e. The molecule has 0 amide bonds. The molecule has 12 nitrogen and oxygen atoms in total. The highest BCUT2D eigenvalue weighted by atomic mass is 16.6. The van der Waals surface area contributed by atoms with Gasteiger partial charge in [0.25, 0.3) is 0 Å². The first-order chi connectivity index (χ1) is 17.4. The van der Waals surface area contributed by atoms with Gasteiger partial charge in [-0.15, -0.1) is 6.42 Å². The molecule has 0 aromatic rings. The topological polar surface area (TPSA) is 158 Å². The summed E-state index contributed by atoms with van der Waals surface area (Å²) < 4.78 is 30.5. The van der Waals surface area contributed by atoms with Gasteiger partial charge < -0.3 is 28.4 Å². The van der Waals surface area contributed by atoms with Crippen LogP contribution < -0.4 is 0 Å². The van der Waals surface area contributed by atoms with Gasteiger partial charge in [-0.05, 0) is 35.5 Å². The number of carbonyl (C=O) groups excluding carboxylic acids is 6. The summed E-state index contributed by atoms with van der Waals surface area (Å²) in [6.07, 6.45) is -1.53. The fourth-order valence-corrected chi connectivity index (χ4v) is 2.52. The van der Waals surface area contributed by atoms with E-state index in [0.717, 1.165) is 34.6 Å². The number of rotatable bonds is 11. The van der Waals surface area contributed by atoms with Gasteiger partial charge in [0.05, 0.1) is 0 Å². The minimum atomic E-state index is -1.69. The minimum absolute atomic E-state index is 0.621. The molecule has 0 heterocycles. The van der Waals surface area contributed by atoms with Gasteiger partial charge in [0.2, 0.25) is 0 Å². The number of hydrogen-bond acceptors (Lipinski definition) is 12. The van der Waals surface area contributed by atoms with E-state index in [1.54, 1.807) is 0 Å². The molecule has 4 unspecified atom stereocenters. The van der Waals surface area contributed by atoms with Crippen LogP contribution in [0.5, 0.6) is 0 Å². The molecule has 0 aromatic carbocycles. The zero-order valence-corrected chi connectivity index (χ0v) is 20.7. The highest BCUT2D eigenvalue weighted by molar-refractivity contribution is 5.89. The molecule has 196 valence electrons. The molecule has 0 saturated heterocycles. The van der Waals surface area contributed by atoms with E-state index in [0.29, 0.717) is 0 Å². The van der Waals surface area contributed by atoms with Crippen molar-refractivity contribution in [2.45, 2.75) is 59.0 Å². The maximum absolute atomic E-state index is 12.0. The molecular weight excluding hydrogens is 492 g/mol. The van der Waals surface area contributed by atoms with Gasteiger partial charge in [0.1, 0.15) is 13.2 Å². The van der Waals surface area contributed by atoms with Crippen LogP contribution in [0, 0.1) is 47.9 Å². The fourth-order valence-electron chi connectivity index (χ4n) is 2.52. The average Bonchev–Trinajstić information content (AvgIpc) is 2.78. The highest BCUT2D eigenvalue weighted by Gasteiger charge is 2.44. The quantitative estimate of drug-likeness (QED) is 0.150. The SMILES string of the molecule is C#CC#CC#CC#CC(=O)OCC(OC(C)=O)C(OC(C)=O)C(OC(C)=O)C(COC(C)=O)OC(C)=O. The van der Waals surface area contributed by atoms with E-state index >= 15 is 0 Å². The Morgan fingerprint density at radius 1 is 0.568 bits per heavy atom. The molecule has 0 bridgehead atoms. The van der Waals surface area contributed by atoms with Crippen molar-refractivity contribution in [2.75, 3.05) is 13.2 Å². The molecule has 0 spiro atoms. The second-order valence-electron chi connectivity index (χ2n) is 6.74. The maximum Gasteiger partial charge on any atom is 0.385 e. The molecule has 0 fully saturated rings. The first-order valence-corrected chi connectivity index (χ1v) is 10.3. The Morgan fingerprint density at radius 2 is 0.973 bits per heavy atom. The Labute approximate surface area is 213 Å². The third kappa shape index (κ3) is 15.6.